The van der Waals surface area contributed by atoms with Crippen LogP contribution in [-0.2, 0) is 0 Å². The molecule has 0 aliphatic rings. The highest BCUT2D eigenvalue weighted by atomic mass is 35.5. The van der Waals surface area contributed by atoms with Crippen LogP contribution in [0.4, 0.5) is 5.69 Å². The number of carbonyl (C=O) groups excluding carboxylic acids is 2. The third kappa shape index (κ3) is 5.09. The molecule has 1 N–H and O–H groups in total. The summed E-state index contributed by atoms with van der Waals surface area (Å²) in [5.41, 5.74) is 2.58. The first-order valence-corrected chi connectivity index (χ1v) is 9.30. The first-order chi connectivity index (χ1) is 12.5. The molecule has 138 valence electrons. The molecule has 2 rings (SSSR count). The van der Waals surface area contributed by atoms with Crippen molar-refractivity contribution in [2.24, 2.45) is 0 Å². The average Bonchev–Trinajstić information content (AvgIpc) is 2.63. The largest absolute Gasteiger partial charge is 0.339 e. The number of carbonyl (C=O) groups is 2. The molecule has 0 saturated carbocycles. The molecule has 26 heavy (non-hydrogen) atoms. The van der Waals surface area contributed by atoms with Gasteiger partial charge in [-0.3, -0.25) is 9.59 Å². The van der Waals surface area contributed by atoms with Crippen LogP contribution >= 0.6 is 11.6 Å². The second-order valence-corrected chi connectivity index (χ2v) is 6.72. The van der Waals surface area contributed by atoms with Crippen LogP contribution in [0.5, 0.6) is 0 Å². The molecular weight excluding hydrogens is 348 g/mol. The normalized spacial score (nSPS) is 10.5. The Bertz CT molecular complexity index is 783. The van der Waals surface area contributed by atoms with Crippen molar-refractivity contribution in [2.45, 2.75) is 33.6 Å². The zero-order chi connectivity index (χ0) is 19.1. The van der Waals surface area contributed by atoms with Crippen molar-refractivity contribution in [3.63, 3.8) is 0 Å². The molecule has 0 fully saturated rings. The smallest absolute Gasteiger partial charge is 0.255 e. The van der Waals surface area contributed by atoms with Crippen molar-refractivity contribution in [2.75, 3.05) is 18.4 Å². The van der Waals surface area contributed by atoms with Gasteiger partial charge in [-0.05, 0) is 61.7 Å². The van der Waals surface area contributed by atoms with Gasteiger partial charge in [0.2, 0.25) is 0 Å². The highest BCUT2D eigenvalue weighted by Gasteiger charge is 2.16. The minimum Gasteiger partial charge on any atom is -0.339 e. The number of benzene rings is 2. The number of rotatable bonds is 7. The van der Waals surface area contributed by atoms with E-state index >= 15 is 0 Å². The predicted molar refractivity (Wildman–Crippen MR) is 107 cm³/mol. The Morgan fingerprint density at radius 2 is 1.65 bits per heavy atom. The van der Waals surface area contributed by atoms with E-state index < -0.39 is 0 Å². The molecule has 2 aromatic carbocycles. The lowest BCUT2D eigenvalue weighted by atomic mass is 10.1. The third-order valence-corrected chi connectivity index (χ3v) is 4.32. The molecule has 0 unspecified atom stereocenters. The molecule has 0 aromatic heterocycles. The van der Waals surface area contributed by atoms with E-state index in [1.165, 1.54) is 0 Å². The predicted octanol–water partition coefficient (Wildman–Crippen LogP) is 5.16. The van der Waals surface area contributed by atoms with Gasteiger partial charge in [-0.15, -0.1) is 0 Å². The Morgan fingerprint density at radius 1 is 1.00 bits per heavy atom. The van der Waals surface area contributed by atoms with E-state index in [1.807, 2.05) is 25.7 Å². The molecular formula is C21H25ClN2O2. The van der Waals surface area contributed by atoms with E-state index in [2.05, 4.69) is 5.32 Å². The standard InChI is InChI=1S/C21H25ClN2O2/c1-4-11-24(12-5-2)21(26)17-8-6-7-16(14-17)20(25)23-19-10-9-18(22)13-15(19)3/h6-10,13-14H,4-5,11-12H2,1-3H3,(H,23,25). The van der Waals surface area contributed by atoms with Gasteiger partial charge in [0.05, 0.1) is 0 Å². The van der Waals surface area contributed by atoms with Crippen LogP contribution in [0, 0.1) is 6.92 Å². The lowest BCUT2D eigenvalue weighted by Crippen LogP contribution is -2.32. The topological polar surface area (TPSA) is 49.4 Å². The van der Waals surface area contributed by atoms with Crippen molar-refractivity contribution in [1.82, 2.24) is 4.90 Å². The van der Waals surface area contributed by atoms with Gasteiger partial charge in [-0.25, -0.2) is 0 Å². The Hall–Kier alpha value is -2.33. The molecule has 0 bridgehead atoms. The number of nitrogens with zero attached hydrogens (tertiary/aromatic N) is 1. The van der Waals surface area contributed by atoms with Gasteiger partial charge in [0.15, 0.2) is 0 Å². The SMILES string of the molecule is CCCN(CCC)C(=O)c1cccc(C(=O)Nc2ccc(Cl)cc2C)c1. The van der Waals surface area contributed by atoms with Crippen molar-refractivity contribution in [1.29, 1.82) is 0 Å². The van der Waals surface area contributed by atoms with Gasteiger partial charge < -0.3 is 10.2 Å². The second-order valence-electron chi connectivity index (χ2n) is 6.29. The first-order valence-electron chi connectivity index (χ1n) is 8.93. The maximum absolute atomic E-state index is 12.7. The Kier molecular flexibility index (Phi) is 7.22. The van der Waals surface area contributed by atoms with Crippen LogP contribution in [0.3, 0.4) is 0 Å². The summed E-state index contributed by atoms with van der Waals surface area (Å²) in [6, 6.07) is 12.2. The number of nitrogens with one attached hydrogen (secondary N) is 1. The quantitative estimate of drug-likeness (QED) is 0.729. The molecule has 4 nitrogen and oxygen atoms in total. The maximum atomic E-state index is 12.7. The first kappa shape index (κ1) is 20.0. The fourth-order valence-electron chi connectivity index (χ4n) is 2.79. The summed E-state index contributed by atoms with van der Waals surface area (Å²) in [6.07, 6.45) is 1.81. The summed E-state index contributed by atoms with van der Waals surface area (Å²) in [5.74, 6) is -0.284. The Morgan fingerprint density at radius 3 is 2.27 bits per heavy atom. The third-order valence-electron chi connectivity index (χ3n) is 4.08. The molecule has 0 saturated heterocycles. The van der Waals surface area contributed by atoms with E-state index in [0.717, 1.165) is 18.4 Å². The van der Waals surface area contributed by atoms with Crippen LogP contribution in [-0.4, -0.2) is 29.8 Å². The minimum atomic E-state index is -0.248. The summed E-state index contributed by atoms with van der Waals surface area (Å²) in [5, 5.41) is 3.50. The van der Waals surface area contributed by atoms with E-state index in [9.17, 15) is 9.59 Å². The number of hydrogen-bond donors (Lipinski definition) is 1. The lowest BCUT2D eigenvalue weighted by molar-refractivity contribution is 0.0755. The zero-order valence-corrected chi connectivity index (χ0v) is 16.3. The van der Waals surface area contributed by atoms with Gasteiger partial charge in [0, 0.05) is 34.9 Å². The molecule has 0 aliphatic heterocycles. The maximum Gasteiger partial charge on any atom is 0.255 e. The molecule has 2 amide bonds. The second kappa shape index (κ2) is 9.39. The molecule has 2 aromatic rings. The Balaban J connectivity index is 2.19. The molecule has 0 aliphatic carbocycles. The van der Waals surface area contributed by atoms with Crippen LogP contribution < -0.4 is 5.32 Å². The van der Waals surface area contributed by atoms with Gasteiger partial charge >= 0.3 is 0 Å². The number of halogens is 1. The van der Waals surface area contributed by atoms with E-state index in [4.69, 9.17) is 11.6 Å². The van der Waals surface area contributed by atoms with Gasteiger partial charge in [0.25, 0.3) is 11.8 Å². The molecule has 0 radical (unpaired) electrons. The highest BCUT2D eigenvalue weighted by molar-refractivity contribution is 6.30. The van der Waals surface area contributed by atoms with Crippen LogP contribution in [0.2, 0.25) is 5.02 Å². The molecule has 0 heterocycles. The zero-order valence-electron chi connectivity index (χ0n) is 15.5. The summed E-state index contributed by atoms with van der Waals surface area (Å²) in [4.78, 5) is 27.1. The van der Waals surface area contributed by atoms with E-state index in [1.54, 1.807) is 42.5 Å². The van der Waals surface area contributed by atoms with Crippen molar-refractivity contribution < 1.29 is 9.59 Å². The fraction of sp³-hybridized carbons (Fsp3) is 0.333. The van der Waals surface area contributed by atoms with Gasteiger partial charge in [-0.2, -0.15) is 0 Å². The molecule has 0 spiro atoms. The van der Waals surface area contributed by atoms with E-state index in [0.29, 0.717) is 34.9 Å². The van der Waals surface area contributed by atoms with Crippen LogP contribution in [0.25, 0.3) is 0 Å². The number of aryl methyl sites for hydroxylation is 1. The van der Waals surface area contributed by atoms with Crippen molar-refractivity contribution in [3.8, 4) is 0 Å². The minimum absolute atomic E-state index is 0.0361. The van der Waals surface area contributed by atoms with E-state index in [-0.39, 0.29) is 11.8 Å². The highest BCUT2D eigenvalue weighted by Crippen LogP contribution is 2.20. The summed E-state index contributed by atoms with van der Waals surface area (Å²) in [7, 11) is 0. The average molecular weight is 373 g/mol. The van der Waals surface area contributed by atoms with Gasteiger partial charge in [-0.1, -0.05) is 31.5 Å². The number of anilines is 1. The monoisotopic (exact) mass is 372 g/mol. The van der Waals surface area contributed by atoms with Gasteiger partial charge in [0.1, 0.15) is 0 Å². The fourth-order valence-corrected chi connectivity index (χ4v) is 3.02. The summed E-state index contributed by atoms with van der Waals surface area (Å²) in [6.45, 7) is 7.41. The molecule has 5 heteroatoms. The van der Waals surface area contributed by atoms with Crippen molar-refractivity contribution >= 4 is 29.1 Å². The van der Waals surface area contributed by atoms with Crippen LogP contribution in [0.15, 0.2) is 42.5 Å². The Labute approximate surface area is 160 Å². The van der Waals surface area contributed by atoms with Crippen LogP contribution in [0.1, 0.15) is 53.0 Å². The summed E-state index contributed by atoms with van der Waals surface area (Å²) < 4.78 is 0. The number of hydrogen-bond acceptors (Lipinski definition) is 2. The summed E-state index contributed by atoms with van der Waals surface area (Å²) >= 11 is 5.95. The van der Waals surface area contributed by atoms with Crippen molar-refractivity contribution in [3.05, 3.63) is 64.2 Å². The number of amides is 2. The molecule has 0 atom stereocenters. The lowest BCUT2D eigenvalue weighted by Gasteiger charge is -2.21.